The molecule has 0 amide bonds. The van der Waals surface area contributed by atoms with E-state index in [9.17, 15) is 10.1 Å². The Hall–Kier alpha value is -1.95. The van der Waals surface area contributed by atoms with Crippen molar-refractivity contribution in [3.63, 3.8) is 0 Å². The van der Waals surface area contributed by atoms with Crippen LogP contribution in [0.2, 0.25) is 5.15 Å². The zero-order valence-corrected chi connectivity index (χ0v) is 8.93. The number of hydrogen-bond acceptors (Lipinski definition) is 5. The van der Waals surface area contributed by atoms with E-state index >= 15 is 0 Å². The molecule has 6 nitrogen and oxygen atoms in total. The number of rotatable bonds is 2. The molecule has 0 N–H and O–H groups in total. The normalized spacial score (nSPS) is 10.4. The fourth-order valence-corrected chi connectivity index (χ4v) is 1.64. The molecular formula is C9H6ClN3O3. The summed E-state index contributed by atoms with van der Waals surface area (Å²) in [6.45, 7) is 0. The molecular weight excluding hydrogens is 234 g/mol. The van der Waals surface area contributed by atoms with Gasteiger partial charge in [-0.15, -0.1) is 0 Å². The van der Waals surface area contributed by atoms with Gasteiger partial charge in [-0.25, -0.2) is 9.97 Å². The second-order valence-corrected chi connectivity index (χ2v) is 3.29. The molecule has 1 heterocycles. The fraction of sp³-hybridized carbons (Fsp3) is 0.111. The Labute approximate surface area is 95.0 Å². The smallest absolute Gasteiger partial charge is 0.282 e. The molecule has 16 heavy (non-hydrogen) atoms. The van der Waals surface area contributed by atoms with Gasteiger partial charge in [-0.2, -0.15) is 0 Å². The van der Waals surface area contributed by atoms with Gasteiger partial charge in [0.05, 0.1) is 12.0 Å². The lowest BCUT2D eigenvalue weighted by Crippen LogP contribution is -1.95. The first-order valence-corrected chi connectivity index (χ1v) is 4.64. The molecule has 2 aromatic rings. The summed E-state index contributed by atoms with van der Waals surface area (Å²) in [6.07, 6.45) is 1.23. The number of nitro benzene ring substituents is 1. The van der Waals surface area contributed by atoms with E-state index < -0.39 is 4.92 Å². The van der Waals surface area contributed by atoms with Crippen molar-refractivity contribution in [1.29, 1.82) is 0 Å². The fourth-order valence-electron chi connectivity index (χ4n) is 1.41. The van der Waals surface area contributed by atoms with E-state index in [0.717, 1.165) is 0 Å². The number of aromatic nitrogens is 2. The van der Waals surface area contributed by atoms with Gasteiger partial charge < -0.3 is 4.74 Å². The van der Waals surface area contributed by atoms with Crippen molar-refractivity contribution in [3.8, 4) is 5.75 Å². The lowest BCUT2D eigenvalue weighted by Gasteiger charge is -2.05. The minimum atomic E-state index is -0.531. The van der Waals surface area contributed by atoms with Gasteiger partial charge in [0.15, 0.2) is 0 Å². The first-order chi connectivity index (χ1) is 7.65. The minimum Gasteiger partial charge on any atom is -0.494 e. The molecule has 1 aromatic carbocycles. The third-order valence-electron chi connectivity index (χ3n) is 2.10. The van der Waals surface area contributed by atoms with E-state index in [4.69, 9.17) is 16.3 Å². The van der Waals surface area contributed by atoms with E-state index in [1.165, 1.54) is 25.6 Å². The summed E-state index contributed by atoms with van der Waals surface area (Å²) in [5.74, 6) is 0.421. The van der Waals surface area contributed by atoms with Crippen LogP contribution in [-0.2, 0) is 0 Å². The van der Waals surface area contributed by atoms with E-state index in [-0.39, 0.29) is 16.2 Å². The van der Waals surface area contributed by atoms with Gasteiger partial charge in [-0.05, 0) is 6.07 Å². The second kappa shape index (κ2) is 3.90. The maximum Gasteiger partial charge on any atom is 0.282 e. The maximum absolute atomic E-state index is 10.8. The number of halogens is 1. The molecule has 82 valence electrons. The van der Waals surface area contributed by atoms with Crippen LogP contribution in [0.25, 0.3) is 10.9 Å². The molecule has 0 unspecified atom stereocenters. The number of hydrogen-bond donors (Lipinski definition) is 0. The van der Waals surface area contributed by atoms with Gasteiger partial charge in [-0.1, -0.05) is 11.6 Å². The number of methoxy groups -OCH3 is 1. The lowest BCUT2D eigenvalue weighted by atomic mass is 10.2. The number of fused-ring (bicyclic) bond motifs is 1. The SMILES string of the molecule is COc1ccc([N+](=O)[O-])c2c(Cl)ncnc12. The Morgan fingerprint density at radius 2 is 2.19 bits per heavy atom. The molecule has 0 saturated carbocycles. The number of nitrogens with zero attached hydrogens (tertiary/aromatic N) is 3. The molecule has 0 saturated heterocycles. The molecule has 0 spiro atoms. The van der Waals surface area contributed by atoms with Crippen LogP contribution in [0.5, 0.6) is 5.75 Å². The third kappa shape index (κ3) is 1.53. The predicted molar refractivity (Wildman–Crippen MR) is 57.8 cm³/mol. The summed E-state index contributed by atoms with van der Waals surface area (Å²) in [5.41, 5.74) is 0.193. The van der Waals surface area contributed by atoms with Crippen LogP contribution < -0.4 is 4.74 Å². The van der Waals surface area contributed by atoms with Crippen LogP contribution in [0.1, 0.15) is 0 Å². The van der Waals surface area contributed by atoms with E-state index in [1.807, 2.05) is 0 Å². The topological polar surface area (TPSA) is 78.2 Å². The van der Waals surface area contributed by atoms with Crippen LogP contribution >= 0.6 is 11.6 Å². The molecule has 0 bridgehead atoms. The molecule has 0 fully saturated rings. The highest BCUT2D eigenvalue weighted by molar-refractivity contribution is 6.35. The summed E-state index contributed by atoms with van der Waals surface area (Å²) in [5, 5.41) is 11.0. The molecule has 0 aliphatic heterocycles. The van der Waals surface area contributed by atoms with Gasteiger partial charge in [-0.3, -0.25) is 10.1 Å². The summed E-state index contributed by atoms with van der Waals surface area (Å²) in [4.78, 5) is 17.9. The van der Waals surface area contributed by atoms with Gasteiger partial charge >= 0.3 is 0 Å². The molecule has 7 heteroatoms. The van der Waals surface area contributed by atoms with Crippen molar-refractivity contribution >= 4 is 28.2 Å². The van der Waals surface area contributed by atoms with Crippen LogP contribution in [0.3, 0.4) is 0 Å². The zero-order chi connectivity index (χ0) is 11.7. The van der Waals surface area contributed by atoms with Crippen molar-refractivity contribution in [2.75, 3.05) is 7.11 Å². The summed E-state index contributed by atoms with van der Waals surface area (Å²) < 4.78 is 5.05. The molecule has 2 rings (SSSR count). The van der Waals surface area contributed by atoms with Crippen LogP contribution in [-0.4, -0.2) is 22.0 Å². The molecule has 0 atom stereocenters. The predicted octanol–water partition coefficient (Wildman–Crippen LogP) is 2.20. The summed E-state index contributed by atoms with van der Waals surface area (Å²) in [6, 6.07) is 2.79. The van der Waals surface area contributed by atoms with Crippen molar-refractivity contribution in [3.05, 3.63) is 33.7 Å². The summed E-state index contributed by atoms with van der Waals surface area (Å²) >= 11 is 5.82. The molecule has 0 aliphatic rings. The summed E-state index contributed by atoms with van der Waals surface area (Å²) in [7, 11) is 1.45. The number of non-ortho nitro benzene ring substituents is 1. The third-order valence-corrected chi connectivity index (χ3v) is 2.39. The first-order valence-electron chi connectivity index (χ1n) is 4.26. The standard InChI is InChI=1S/C9H6ClN3O3/c1-16-6-3-2-5(13(14)15)7-8(6)11-4-12-9(7)10/h2-4H,1H3. The van der Waals surface area contributed by atoms with Crippen molar-refractivity contribution in [2.24, 2.45) is 0 Å². The largest absolute Gasteiger partial charge is 0.494 e. The van der Waals surface area contributed by atoms with Gasteiger partial charge in [0.2, 0.25) is 0 Å². The minimum absolute atomic E-state index is 0.0376. The Kier molecular flexibility index (Phi) is 2.57. The Bertz CT molecular complexity index is 573. The van der Waals surface area contributed by atoms with E-state index in [0.29, 0.717) is 11.3 Å². The maximum atomic E-state index is 10.8. The second-order valence-electron chi connectivity index (χ2n) is 2.93. The molecule has 0 aliphatic carbocycles. The van der Waals surface area contributed by atoms with E-state index in [1.54, 1.807) is 0 Å². The van der Waals surface area contributed by atoms with Crippen LogP contribution in [0.15, 0.2) is 18.5 Å². The zero-order valence-electron chi connectivity index (χ0n) is 8.18. The number of benzene rings is 1. The Morgan fingerprint density at radius 3 is 2.81 bits per heavy atom. The van der Waals surface area contributed by atoms with Crippen molar-refractivity contribution < 1.29 is 9.66 Å². The average Bonchev–Trinajstić information content (AvgIpc) is 2.28. The molecule has 1 aromatic heterocycles. The van der Waals surface area contributed by atoms with Gasteiger partial charge in [0, 0.05) is 6.07 Å². The van der Waals surface area contributed by atoms with Gasteiger partial charge in [0.25, 0.3) is 5.69 Å². The number of ether oxygens (including phenoxy) is 1. The first kappa shape index (κ1) is 10.6. The Morgan fingerprint density at radius 1 is 1.44 bits per heavy atom. The highest BCUT2D eigenvalue weighted by atomic mass is 35.5. The molecule has 0 radical (unpaired) electrons. The highest BCUT2D eigenvalue weighted by Crippen LogP contribution is 2.34. The monoisotopic (exact) mass is 239 g/mol. The van der Waals surface area contributed by atoms with Crippen molar-refractivity contribution in [2.45, 2.75) is 0 Å². The average molecular weight is 240 g/mol. The quantitative estimate of drug-likeness (QED) is 0.456. The van der Waals surface area contributed by atoms with Gasteiger partial charge in [0.1, 0.15) is 28.1 Å². The Balaban J connectivity index is 2.92. The van der Waals surface area contributed by atoms with E-state index in [2.05, 4.69) is 9.97 Å². The lowest BCUT2D eigenvalue weighted by molar-refractivity contribution is -0.383. The van der Waals surface area contributed by atoms with Crippen LogP contribution in [0, 0.1) is 10.1 Å². The van der Waals surface area contributed by atoms with Crippen molar-refractivity contribution in [1.82, 2.24) is 9.97 Å². The highest BCUT2D eigenvalue weighted by Gasteiger charge is 2.19. The van der Waals surface area contributed by atoms with Crippen LogP contribution in [0.4, 0.5) is 5.69 Å². The number of nitro groups is 1.